The Balaban J connectivity index is 1.62. The Kier molecular flexibility index (Phi) is 8.04. The maximum absolute atomic E-state index is 11.1. The Morgan fingerprint density at radius 1 is 0.886 bits per heavy atom. The highest BCUT2D eigenvalue weighted by atomic mass is 16.5. The Labute approximate surface area is 209 Å². The highest BCUT2D eigenvalue weighted by Gasteiger charge is 2.18. The second kappa shape index (κ2) is 11.2. The van der Waals surface area contributed by atoms with Gasteiger partial charge in [0.1, 0.15) is 5.69 Å². The third-order valence-electron chi connectivity index (χ3n) is 6.52. The number of imidazole rings is 2. The van der Waals surface area contributed by atoms with Crippen molar-refractivity contribution in [1.29, 1.82) is 0 Å². The number of nitrogens with zero attached hydrogens (tertiary/aromatic N) is 5. The largest absolute Gasteiger partial charge is 0.785 e. The van der Waals surface area contributed by atoms with Crippen LogP contribution in [0.1, 0.15) is 52.9 Å². The number of benzene rings is 2. The van der Waals surface area contributed by atoms with E-state index in [1.807, 2.05) is 18.7 Å². The van der Waals surface area contributed by atoms with Gasteiger partial charge in [0.05, 0.1) is 24.4 Å². The minimum absolute atomic E-state index is 0.295. The molecule has 0 bridgehead atoms. The van der Waals surface area contributed by atoms with Crippen LogP contribution >= 0.6 is 0 Å². The van der Waals surface area contributed by atoms with Crippen LogP contribution in [0.15, 0.2) is 61.2 Å². The van der Waals surface area contributed by atoms with Gasteiger partial charge in [0.2, 0.25) is 0 Å². The average Bonchev–Trinajstić information content (AvgIpc) is 3.44. The van der Waals surface area contributed by atoms with Crippen LogP contribution in [0.25, 0.3) is 33.5 Å². The average molecular weight is 473 g/mol. The van der Waals surface area contributed by atoms with Gasteiger partial charge in [0.25, 0.3) is 0 Å². The summed E-state index contributed by atoms with van der Waals surface area (Å²) in [7, 11) is 1.58. The SMILES string of the molecule is CN([O-])CCCCCn1cncc1-c1ncc(-c2ccc3ccccc3c2)n1CCCC(C)(C)C. The first-order valence-electron chi connectivity index (χ1n) is 12.8. The van der Waals surface area contributed by atoms with E-state index >= 15 is 0 Å². The number of aromatic nitrogens is 4. The highest BCUT2D eigenvalue weighted by Crippen LogP contribution is 2.31. The topological polar surface area (TPSA) is 61.9 Å². The van der Waals surface area contributed by atoms with Gasteiger partial charge in [0.15, 0.2) is 5.82 Å². The molecule has 0 spiro atoms. The standard InChI is InChI=1S/C29H38N5O/c1-29(2,3)15-10-18-34-26(25-14-13-23-11-6-7-12-24(23)19-25)21-31-28(34)27-20-30-22-33(27)17-9-5-8-16-32(4)35/h6-7,11-14,19-22H,5,8-10,15-18H2,1-4H3/q-1. The number of hydrogen-bond donors (Lipinski definition) is 0. The number of fused-ring (bicyclic) bond motifs is 1. The quantitative estimate of drug-likeness (QED) is 0.174. The van der Waals surface area contributed by atoms with E-state index in [9.17, 15) is 5.21 Å². The number of rotatable bonds is 11. The number of aryl methyl sites for hydroxylation is 1. The maximum atomic E-state index is 11.1. The van der Waals surface area contributed by atoms with Crippen molar-refractivity contribution in [2.45, 2.75) is 66.0 Å². The van der Waals surface area contributed by atoms with Crippen LogP contribution in [0, 0.1) is 10.6 Å². The van der Waals surface area contributed by atoms with Crippen LogP contribution in [0.4, 0.5) is 0 Å². The zero-order valence-electron chi connectivity index (χ0n) is 21.6. The van der Waals surface area contributed by atoms with Gasteiger partial charge >= 0.3 is 0 Å². The number of hydroxylamine groups is 2. The molecule has 0 fully saturated rings. The molecule has 0 aliphatic carbocycles. The summed E-state index contributed by atoms with van der Waals surface area (Å²) in [5.41, 5.74) is 3.68. The first kappa shape index (κ1) is 25.1. The van der Waals surface area contributed by atoms with E-state index in [2.05, 4.69) is 77.4 Å². The third-order valence-corrected chi connectivity index (χ3v) is 6.52. The van der Waals surface area contributed by atoms with Crippen molar-refractivity contribution in [2.24, 2.45) is 5.41 Å². The summed E-state index contributed by atoms with van der Waals surface area (Å²) < 4.78 is 4.57. The molecule has 0 N–H and O–H groups in total. The zero-order valence-corrected chi connectivity index (χ0v) is 21.6. The van der Waals surface area contributed by atoms with Gasteiger partial charge in [-0.15, -0.1) is 0 Å². The molecule has 6 nitrogen and oxygen atoms in total. The molecule has 186 valence electrons. The first-order valence-corrected chi connectivity index (χ1v) is 12.8. The summed E-state index contributed by atoms with van der Waals surface area (Å²) in [5.74, 6) is 0.971. The van der Waals surface area contributed by atoms with Crippen LogP contribution in [-0.4, -0.2) is 37.8 Å². The fraction of sp³-hybridized carbons (Fsp3) is 0.448. The molecule has 35 heavy (non-hydrogen) atoms. The van der Waals surface area contributed by atoms with Crippen LogP contribution in [0.2, 0.25) is 0 Å². The van der Waals surface area contributed by atoms with Gasteiger partial charge in [0, 0.05) is 18.7 Å². The molecule has 0 aliphatic rings. The van der Waals surface area contributed by atoms with Crippen molar-refractivity contribution in [3.63, 3.8) is 0 Å². The molecule has 0 unspecified atom stereocenters. The highest BCUT2D eigenvalue weighted by molar-refractivity contribution is 5.87. The molecule has 2 aromatic carbocycles. The predicted molar refractivity (Wildman–Crippen MR) is 145 cm³/mol. The van der Waals surface area contributed by atoms with E-state index in [1.54, 1.807) is 7.05 Å². The van der Waals surface area contributed by atoms with Crippen molar-refractivity contribution in [3.05, 3.63) is 66.4 Å². The lowest BCUT2D eigenvalue weighted by Gasteiger charge is -2.21. The van der Waals surface area contributed by atoms with Gasteiger partial charge in [-0.25, -0.2) is 9.97 Å². The molecule has 0 radical (unpaired) electrons. The van der Waals surface area contributed by atoms with E-state index in [0.29, 0.717) is 12.0 Å². The Morgan fingerprint density at radius 2 is 1.69 bits per heavy atom. The minimum atomic E-state index is 0.295. The summed E-state index contributed by atoms with van der Waals surface area (Å²) in [6, 6.07) is 15.1. The molecule has 2 aromatic heterocycles. The van der Waals surface area contributed by atoms with Crippen molar-refractivity contribution >= 4 is 10.8 Å². The van der Waals surface area contributed by atoms with Gasteiger partial charge < -0.3 is 19.4 Å². The zero-order chi connectivity index (χ0) is 24.8. The van der Waals surface area contributed by atoms with E-state index < -0.39 is 0 Å². The number of unbranched alkanes of at least 4 members (excludes halogenated alkanes) is 2. The fourth-order valence-electron chi connectivity index (χ4n) is 4.63. The molecule has 4 rings (SSSR count). The summed E-state index contributed by atoms with van der Waals surface area (Å²) in [6.07, 6.45) is 11.0. The second-order valence-corrected chi connectivity index (χ2v) is 10.7. The lowest BCUT2D eigenvalue weighted by Crippen LogP contribution is -2.11. The molecule has 6 heteroatoms. The van der Waals surface area contributed by atoms with E-state index in [0.717, 1.165) is 67.5 Å². The monoisotopic (exact) mass is 472 g/mol. The summed E-state index contributed by atoms with van der Waals surface area (Å²) in [4.78, 5) is 9.37. The first-order chi connectivity index (χ1) is 16.8. The summed E-state index contributed by atoms with van der Waals surface area (Å²) >= 11 is 0. The van der Waals surface area contributed by atoms with Gasteiger partial charge in [-0.1, -0.05) is 63.6 Å². The van der Waals surface area contributed by atoms with Crippen molar-refractivity contribution in [1.82, 2.24) is 24.2 Å². The number of hydrogen-bond acceptors (Lipinski definition) is 4. The predicted octanol–water partition coefficient (Wildman–Crippen LogP) is 6.99. The summed E-state index contributed by atoms with van der Waals surface area (Å²) in [6.45, 7) is 9.27. The molecule has 2 heterocycles. The lowest BCUT2D eigenvalue weighted by atomic mass is 9.90. The second-order valence-electron chi connectivity index (χ2n) is 10.7. The molecule has 0 atom stereocenters. The van der Waals surface area contributed by atoms with E-state index in [4.69, 9.17) is 4.98 Å². The molecular formula is C29H38N5O-. The normalized spacial score (nSPS) is 12.2. The molecule has 0 amide bonds. The molecule has 0 saturated heterocycles. The van der Waals surface area contributed by atoms with Crippen LogP contribution in [-0.2, 0) is 13.1 Å². The van der Waals surface area contributed by atoms with E-state index in [1.165, 1.54) is 16.3 Å². The minimum Gasteiger partial charge on any atom is -0.785 e. The fourth-order valence-corrected chi connectivity index (χ4v) is 4.63. The Hall–Kier alpha value is -2.96. The van der Waals surface area contributed by atoms with E-state index in [-0.39, 0.29) is 0 Å². The van der Waals surface area contributed by atoms with Crippen molar-refractivity contribution in [2.75, 3.05) is 13.6 Å². The molecule has 4 aromatic rings. The van der Waals surface area contributed by atoms with Crippen molar-refractivity contribution in [3.8, 4) is 22.8 Å². The maximum Gasteiger partial charge on any atom is 0.158 e. The van der Waals surface area contributed by atoms with Gasteiger partial charge in [-0.05, 0) is 61.5 Å². The van der Waals surface area contributed by atoms with Gasteiger partial charge in [-0.3, -0.25) is 0 Å². The smallest absolute Gasteiger partial charge is 0.158 e. The Bertz CT molecular complexity index is 1230. The summed E-state index contributed by atoms with van der Waals surface area (Å²) in [5, 5.41) is 14.6. The molecule has 0 aliphatic heterocycles. The van der Waals surface area contributed by atoms with Crippen molar-refractivity contribution < 1.29 is 0 Å². The third kappa shape index (κ3) is 6.59. The Morgan fingerprint density at radius 3 is 2.46 bits per heavy atom. The van der Waals surface area contributed by atoms with Crippen LogP contribution < -0.4 is 0 Å². The van der Waals surface area contributed by atoms with Crippen LogP contribution in [0.3, 0.4) is 0 Å². The molecule has 0 saturated carbocycles. The molecular weight excluding hydrogens is 434 g/mol. The lowest BCUT2D eigenvalue weighted by molar-refractivity contribution is 0.354. The van der Waals surface area contributed by atoms with Crippen LogP contribution in [0.5, 0.6) is 0 Å². The van der Waals surface area contributed by atoms with Gasteiger partial charge in [-0.2, -0.15) is 0 Å².